The molecule has 2 aromatic rings. The van der Waals surface area contributed by atoms with Crippen molar-refractivity contribution in [3.8, 4) is 0 Å². The van der Waals surface area contributed by atoms with E-state index in [2.05, 4.69) is 0 Å². The van der Waals surface area contributed by atoms with Gasteiger partial charge in [0, 0.05) is 22.0 Å². The molecule has 1 atom stereocenters. The lowest BCUT2D eigenvalue weighted by Crippen LogP contribution is -2.02. The molecule has 0 amide bonds. The minimum absolute atomic E-state index is 0.132. The summed E-state index contributed by atoms with van der Waals surface area (Å²) < 4.78 is 25.5. The molecule has 0 saturated heterocycles. The SMILES string of the molecule is NCc1cc(CS(=O)c2ccc(Cl)cc2)ccc1F. The second kappa shape index (κ2) is 6.28. The highest BCUT2D eigenvalue weighted by molar-refractivity contribution is 7.84. The van der Waals surface area contributed by atoms with E-state index in [9.17, 15) is 8.60 Å². The summed E-state index contributed by atoms with van der Waals surface area (Å²) in [6, 6.07) is 11.5. The smallest absolute Gasteiger partial charge is 0.127 e. The van der Waals surface area contributed by atoms with Gasteiger partial charge in [-0.3, -0.25) is 4.21 Å². The van der Waals surface area contributed by atoms with Crippen LogP contribution >= 0.6 is 11.6 Å². The summed E-state index contributed by atoms with van der Waals surface area (Å²) in [5.74, 6) is -0.00178. The zero-order valence-corrected chi connectivity index (χ0v) is 11.7. The van der Waals surface area contributed by atoms with Crippen molar-refractivity contribution in [2.75, 3.05) is 0 Å². The summed E-state index contributed by atoms with van der Waals surface area (Å²) in [6.07, 6.45) is 0. The predicted octanol–water partition coefficient (Wildman–Crippen LogP) is 3.25. The first-order chi connectivity index (χ1) is 9.10. The van der Waals surface area contributed by atoms with Crippen LogP contribution in [0.5, 0.6) is 0 Å². The Morgan fingerprint density at radius 2 is 1.84 bits per heavy atom. The Balaban J connectivity index is 2.17. The fraction of sp³-hybridized carbons (Fsp3) is 0.143. The first-order valence-corrected chi connectivity index (χ1v) is 7.41. The minimum atomic E-state index is -1.18. The molecule has 0 aliphatic rings. The van der Waals surface area contributed by atoms with Gasteiger partial charge in [-0.05, 0) is 35.9 Å². The molecule has 2 aromatic carbocycles. The molecular weight excluding hydrogens is 285 g/mol. The van der Waals surface area contributed by atoms with Crippen molar-refractivity contribution in [1.82, 2.24) is 0 Å². The molecule has 0 aliphatic carbocycles. The van der Waals surface area contributed by atoms with Gasteiger partial charge in [0.1, 0.15) is 5.82 Å². The van der Waals surface area contributed by atoms with Crippen LogP contribution in [0.2, 0.25) is 5.02 Å². The number of benzene rings is 2. The van der Waals surface area contributed by atoms with Gasteiger partial charge in [0.05, 0.1) is 16.6 Å². The highest BCUT2D eigenvalue weighted by Crippen LogP contribution is 2.17. The topological polar surface area (TPSA) is 43.1 Å². The average Bonchev–Trinajstić information content (AvgIpc) is 2.41. The Morgan fingerprint density at radius 3 is 2.47 bits per heavy atom. The van der Waals surface area contributed by atoms with Crippen LogP contribution in [0.4, 0.5) is 4.39 Å². The third kappa shape index (κ3) is 3.62. The van der Waals surface area contributed by atoms with Crippen molar-refractivity contribution in [2.24, 2.45) is 5.73 Å². The highest BCUT2D eigenvalue weighted by atomic mass is 35.5. The Bertz CT molecular complexity index is 601. The molecule has 0 aromatic heterocycles. The van der Waals surface area contributed by atoms with Crippen molar-refractivity contribution in [3.05, 3.63) is 64.4 Å². The number of halogens is 2. The Morgan fingerprint density at radius 1 is 1.16 bits per heavy atom. The second-order valence-electron chi connectivity index (χ2n) is 4.07. The van der Waals surface area contributed by atoms with E-state index in [0.717, 1.165) is 5.56 Å². The lowest BCUT2D eigenvalue weighted by Gasteiger charge is -2.06. The van der Waals surface area contributed by atoms with Crippen molar-refractivity contribution in [2.45, 2.75) is 17.2 Å². The molecule has 0 fully saturated rings. The summed E-state index contributed by atoms with van der Waals surface area (Å²) in [6.45, 7) is 0.132. The van der Waals surface area contributed by atoms with E-state index in [1.54, 1.807) is 36.4 Å². The van der Waals surface area contributed by atoms with Gasteiger partial charge in [0.2, 0.25) is 0 Å². The molecule has 100 valence electrons. The van der Waals surface area contributed by atoms with Crippen molar-refractivity contribution < 1.29 is 8.60 Å². The molecule has 5 heteroatoms. The van der Waals surface area contributed by atoms with Crippen LogP contribution in [0.15, 0.2) is 47.4 Å². The molecule has 2 rings (SSSR count). The fourth-order valence-corrected chi connectivity index (χ4v) is 2.91. The highest BCUT2D eigenvalue weighted by Gasteiger charge is 2.07. The van der Waals surface area contributed by atoms with Crippen LogP contribution in [0.25, 0.3) is 0 Å². The lowest BCUT2D eigenvalue weighted by molar-refractivity contribution is 0.610. The Hall–Kier alpha value is -1.23. The monoisotopic (exact) mass is 297 g/mol. The van der Waals surface area contributed by atoms with Gasteiger partial charge in [-0.15, -0.1) is 0 Å². The lowest BCUT2D eigenvalue weighted by atomic mass is 10.1. The molecular formula is C14H13ClFNOS. The van der Waals surface area contributed by atoms with E-state index in [0.29, 0.717) is 21.2 Å². The molecule has 0 heterocycles. The molecule has 0 bridgehead atoms. The minimum Gasteiger partial charge on any atom is -0.326 e. The van der Waals surface area contributed by atoms with Crippen LogP contribution in [0.1, 0.15) is 11.1 Å². The third-order valence-corrected chi connectivity index (χ3v) is 4.35. The number of nitrogens with two attached hydrogens (primary N) is 1. The van der Waals surface area contributed by atoms with Crippen LogP contribution in [-0.4, -0.2) is 4.21 Å². The summed E-state index contributed by atoms with van der Waals surface area (Å²) in [4.78, 5) is 0.697. The first-order valence-electron chi connectivity index (χ1n) is 5.71. The van der Waals surface area contributed by atoms with Crippen molar-refractivity contribution in [3.63, 3.8) is 0 Å². The maximum absolute atomic E-state index is 13.3. The van der Waals surface area contributed by atoms with E-state index in [1.807, 2.05) is 0 Å². The van der Waals surface area contributed by atoms with E-state index in [-0.39, 0.29) is 12.4 Å². The molecule has 19 heavy (non-hydrogen) atoms. The molecule has 0 saturated carbocycles. The number of hydrogen-bond donors (Lipinski definition) is 1. The molecule has 0 aliphatic heterocycles. The maximum atomic E-state index is 13.3. The largest absolute Gasteiger partial charge is 0.326 e. The molecule has 0 spiro atoms. The van der Waals surface area contributed by atoms with Gasteiger partial charge in [0.25, 0.3) is 0 Å². The zero-order chi connectivity index (χ0) is 13.8. The molecule has 2 nitrogen and oxygen atoms in total. The van der Waals surface area contributed by atoms with Crippen LogP contribution in [0, 0.1) is 5.82 Å². The van der Waals surface area contributed by atoms with Crippen molar-refractivity contribution in [1.29, 1.82) is 0 Å². The van der Waals surface area contributed by atoms with Crippen LogP contribution < -0.4 is 5.73 Å². The zero-order valence-electron chi connectivity index (χ0n) is 10.1. The third-order valence-electron chi connectivity index (χ3n) is 2.70. The van der Waals surface area contributed by atoms with Gasteiger partial charge >= 0.3 is 0 Å². The van der Waals surface area contributed by atoms with E-state index in [4.69, 9.17) is 17.3 Å². The maximum Gasteiger partial charge on any atom is 0.127 e. The van der Waals surface area contributed by atoms with E-state index >= 15 is 0 Å². The fourth-order valence-electron chi connectivity index (χ4n) is 1.70. The molecule has 2 N–H and O–H groups in total. The predicted molar refractivity (Wildman–Crippen MR) is 75.9 cm³/mol. The van der Waals surface area contributed by atoms with Crippen LogP contribution in [0.3, 0.4) is 0 Å². The van der Waals surface area contributed by atoms with Gasteiger partial charge in [0.15, 0.2) is 0 Å². The van der Waals surface area contributed by atoms with E-state index in [1.165, 1.54) is 6.07 Å². The number of rotatable bonds is 4. The normalized spacial score (nSPS) is 12.4. The first kappa shape index (κ1) is 14.2. The summed E-state index contributed by atoms with van der Waals surface area (Å²) >= 11 is 5.78. The molecule has 1 unspecified atom stereocenters. The summed E-state index contributed by atoms with van der Waals surface area (Å²) in [5, 5.41) is 0.605. The summed E-state index contributed by atoms with van der Waals surface area (Å²) in [7, 11) is -1.18. The van der Waals surface area contributed by atoms with Gasteiger partial charge in [-0.2, -0.15) is 0 Å². The van der Waals surface area contributed by atoms with E-state index < -0.39 is 10.8 Å². The average molecular weight is 298 g/mol. The van der Waals surface area contributed by atoms with Gasteiger partial charge < -0.3 is 5.73 Å². The number of hydrogen-bond acceptors (Lipinski definition) is 2. The quantitative estimate of drug-likeness (QED) is 0.941. The molecule has 0 radical (unpaired) electrons. The summed E-state index contributed by atoms with van der Waals surface area (Å²) in [5.41, 5.74) is 6.68. The Kier molecular flexibility index (Phi) is 4.69. The Labute approximate surface area is 118 Å². The van der Waals surface area contributed by atoms with Gasteiger partial charge in [-0.25, -0.2) is 4.39 Å². The van der Waals surface area contributed by atoms with Crippen molar-refractivity contribution >= 4 is 22.4 Å². The van der Waals surface area contributed by atoms with Gasteiger partial charge in [-0.1, -0.05) is 23.7 Å². The van der Waals surface area contributed by atoms with Crippen LogP contribution in [-0.2, 0) is 23.1 Å². The second-order valence-corrected chi connectivity index (χ2v) is 5.96. The standard InChI is InChI=1S/C14H13ClFNOS/c15-12-2-4-13(5-3-12)19(18)9-10-1-6-14(16)11(7-10)8-17/h1-7H,8-9,17H2.